The molecule has 1 aromatic carbocycles. The number of hydrogen-bond donors (Lipinski definition) is 2. The minimum absolute atomic E-state index is 0.273. The molecule has 0 spiro atoms. The molecular weight excluding hydrogens is 340 g/mol. The van der Waals surface area contributed by atoms with E-state index in [-0.39, 0.29) is 6.03 Å². The molecule has 0 saturated heterocycles. The molecule has 0 saturated carbocycles. The Labute approximate surface area is 156 Å². The number of benzene rings is 1. The van der Waals surface area contributed by atoms with E-state index in [1.807, 2.05) is 49.6 Å². The first kappa shape index (κ1) is 16.7. The standard InChI is InChI=1S/C20H18N6O/c1-26-13-17(12-24-26)16-7-14(9-21-11-16)10-23-20(27)25-18-4-5-19-15(8-18)3-2-6-22-19/h2-9,11-13H,10H2,1H3,(H2,23,25,27). The van der Waals surface area contributed by atoms with E-state index < -0.39 is 0 Å². The minimum atomic E-state index is -0.273. The van der Waals surface area contributed by atoms with Gasteiger partial charge in [0.25, 0.3) is 0 Å². The van der Waals surface area contributed by atoms with Gasteiger partial charge >= 0.3 is 6.03 Å². The fourth-order valence-electron chi connectivity index (χ4n) is 2.82. The predicted molar refractivity (Wildman–Crippen MR) is 104 cm³/mol. The van der Waals surface area contributed by atoms with Crippen molar-refractivity contribution in [2.24, 2.45) is 7.05 Å². The Morgan fingerprint density at radius 2 is 2.04 bits per heavy atom. The van der Waals surface area contributed by atoms with Crippen LogP contribution in [0.1, 0.15) is 5.56 Å². The lowest BCUT2D eigenvalue weighted by Crippen LogP contribution is -2.28. The highest BCUT2D eigenvalue weighted by Crippen LogP contribution is 2.19. The summed E-state index contributed by atoms with van der Waals surface area (Å²) in [7, 11) is 1.87. The second-order valence-electron chi connectivity index (χ2n) is 6.20. The van der Waals surface area contributed by atoms with E-state index in [9.17, 15) is 4.79 Å². The van der Waals surface area contributed by atoms with Gasteiger partial charge in [-0.05, 0) is 35.9 Å². The van der Waals surface area contributed by atoms with Gasteiger partial charge in [-0.3, -0.25) is 14.6 Å². The highest BCUT2D eigenvalue weighted by atomic mass is 16.2. The number of anilines is 1. The third kappa shape index (κ3) is 3.92. The minimum Gasteiger partial charge on any atom is -0.334 e. The van der Waals surface area contributed by atoms with Gasteiger partial charge in [-0.2, -0.15) is 5.10 Å². The summed E-state index contributed by atoms with van der Waals surface area (Å²) in [6.45, 7) is 0.377. The Kier molecular flexibility index (Phi) is 4.49. The Balaban J connectivity index is 1.40. The van der Waals surface area contributed by atoms with E-state index in [4.69, 9.17) is 0 Å². The van der Waals surface area contributed by atoms with E-state index in [0.29, 0.717) is 6.54 Å². The molecule has 7 heteroatoms. The Hall–Kier alpha value is -3.74. The molecule has 2 amide bonds. The SMILES string of the molecule is Cn1cc(-c2cncc(CNC(=O)Nc3ccc4ncccc4c3)c2)cn1. The van der Waals surface area contributed by atoms with Gasteiger partial charge in [-0.25, -0.2) is 4.79 Å². The van der Waals surface area contributed by atoms with Crippen molar-refractivity contribution in [1.29, 1.82) is 0 Å². The Morgan fingerprint density at radius 1 is 1.11 bits per heavy atom. The molecule has 0 aliphatic rings. The quantitative estimate of drug-likeness (QED) is 0.586. The van der Waals surface area contributed by atoms with Crippen LogP contribution in [0, 0.1) is 0 Å². The summed E-state index contributed by atoms with van der Waals surface area (Å²) in [4.78, 5) is 20.7. The van der Waals surface area contributed by atoms with Crippen molar-refractivity contribution < 1.29 is 4.79 Å². The lowest BCUT2D eigenvalue weighted by Gasteiger charge is -2.09. The van der Waals surface area contributed by atoms with Crippen molar-refractivity contribution in [3.63, 3.8) is 0 Å². The van der Waals surface area contributed by atoms with Crippen molar-refractivity contribution in [1.82, 2.24) is 25.1 Å². The second-order valence-corrected chi connectivity index (χ2v) is 6.20. The maximum atomic E-state index is 12.2. The summed E-state index contributed by atoms with van der Waals surface area (Å²) < 4.78 is 1.74. The van der Waals surface area contributed by atoms with Crippen LogP contribution < -0.4 is 10.6 Å². The molecule has 0 unspecified atom stereocenters. The number of nitrogens with one attached hydrogen (secondary N) is 2. The van der Waals surface area contributed by atoms with Gasteiger partial charge in [0.15, 0.2) is 0 Å². The Morgan fingerprint density at radius 3 is 2.89 bits per heavy atom. The maximum absolute atomic E-state index is 12.2. The maximum Gasteiger partial charge on any atom is 0.319 e. The van der Waals surface area contributed by atoms with Gasteiger partial charge in [0.05, 0.1) is 11.7 Å². The smallest absolute Gasteiger partial charge is 0.319 e. The van der Waals surface area contributed by atoms with E-state index >= 15 is 0 Å². The molecule has 0 aliphatic carbocycles. The topological polar surface area (TPSA) is 84.7 Å². The first-order valence-electron chi connectivity index (χ1n) is 8.50. The number of pyridine rings is 2. The summed E-state index contributed by atoms with van der Waals surface area (Å²) in [6.07, 6.45) is 8.98. The first-order valence-corrected chi connectivity index (χ1v) is 8.50. The zero-order valence-electron chi connectivity index (χ0n) is 14.8. The van der Waals surface area contributed by atoms with Crippen LogP contribution in [0.3, 0.4) is 0 Å². The van der Waals surface area contributed by atoms with Crippen LogP contribution in [0.4, 0.5) is 10.5 Å². The van der Waals surface area contributed by atoms with Gasteiger partial charge < -0.3 is 10.6 Å². The van der Waals surface area contributed by atoms with Crippen LogP contribution in [0.25, 0.3) is 22.0 Å². The zero-order chi connectivity index (χ0) is 18.6. The highest BCUT2D eigenvalue weighted by molar-refractivity contribution is 5.92. The number of amides is 2. The van der Waals surface area contributed by atoms with Crippen LogP contribution in [0.2, 0.25) is 0 Å². The predicted octanol–water partition coefficient (Wildman–Crippen LogP) is 3.35. The van der Waals surface area contributed by atoms with Crippen molar-refractivity contribution in [3.8, 4) is 11.1 Å². The van der Waals surface area contributed by atoms with Crippen molar-refractivity contribution in [3.05, 3.63) is 72.9 Å². The van der Waals surface area contributed by atoms with E-state index in [0.717, 1.165) is 33.3 Å². The van der Waals surface area contributed by atoms with Crippen LogP contribution >= 0.6 is 0 Å². The molecule has 27 heavy (non-hydrogen) atoms. The Bertz CT molecular complexity index is 1100. The molecule has 7 nitrogen and oxygen atoms in total. The number of carbonyl (C=O) groups excluding carboxylic acids is 1. The van der Waals surface area contributed by atoms with Crippen LogP contribution in [0.15, 0.2) is 67.4 Å². The third-order valence-electron chi connectivity index (χ3n) is 4.15. The lowest BCUT2D eigenvalue weighted by atomic mass is 10.1. The van der Waals surface area contributed by atoms with E-state index in [1.165, 1.54) is 0 Å². The van der Waals surface area contributed by atoms with Gasteiger partial charge in [0.2, 0.25) is 0 Å². The van der Waals surface area contributed by atoms with Crippen LogP contribution in [0.5, 0.6) is 0 Å². The summed E-state index contributed by atoms with van der Waals surface area (Å²) in [5.74, 6) is 0. The fraction of sp³-hybridized carbons (Fsp3) is 0.100. The number of carbonyl (C=O) groups is 1. The molecule has 4 rings (SSSR count). The number of aryl methyl sites for hydroxylation is 1. The molecule has 0 radical (unpaired) electrons. The summed E-state index contributed by atoms with van der Waals surface area (Å²) >= 11 is 0. The number of fused-ring (bicyclic) bond motifs is 1. The number of nitrogens with zero attached hydrogens (tertiary/aromatic N) is 4. The first-order chi connectivity index (χ1) is 13.2. The van der Waals surface area contributed by atoms with Crippen molar-refractivity contribution in [2.75, 3.05) is 5.32 Å². The number of hydrogen-bond acceptors (Lipinski definition) is 4. The molecule has 3 aromatic heterocycles. The number of urea groups is 1. The number of aromatic nitrogens is 4. The molecule has 0 fully saturated rings. The fourth-order valence-corrected chi connectivity index (χ4v) is 2.82. The molecule has 0 aliphatic heterocycles. The summed E-state index contributed by atoms with van der Waals surface area (Å²) in [5, 5.41) is 10.8. The van der Waals surface area contributed by atoms with Crippen molar-refractivity contribution in [2.45, 2.75) is 6.54 Å². The second kappa shape index (κ2) is 7.25. The van der Waals surface area contributed by atoms with E-state index in [1.54, 1.807) is 29.5 Å². The van der Waals surface area contributed by atoms with Crippen LogP contribution in [-0.4, -0.2) is 25.8 Å². The highest BCUT2D eigenvalue weighted by Gasteiger charge is 2.06. The molecular formula is C20H18N6O. The molecule has 0 atom stereocenters. The van der Waals surface area contributed by atoms with Crippen molar-refractivity contribution >= 4 is 22.6 Å². The average molecular weight is 358 g/mol. The lowest BCUT2D eigenvalue weighted by molar-refractivity contribution is 0.251. The molecule has 2 N–H and O–H groups in total. The largest absolute Gasteiger partial charge is 0.334 e. The van der Waals surface area contributed by atoms with Gasteiger partial charge in [-0.1, -0.05) is 6.07 Å². The van der Waals surface area contributed by atoms with Gasteiger partial charge in [0, 0.05) is 60.6 Å². The molecule has 0 bridgehead atoms. The molecule has 3 heterocycles. The normalized spacial score (nSPS) is 10.7. The third-order valence-corrected chi connectivity index (χ3v) is 4.15. The monoisotopic (exact) mass is 358 g/mol. The van der Waals surface area contributed by atoms with Crippen LogP contribution in [-0.2, 0) is 13.6 Å². The summed E-state index contributed by atoms with van der Waals surface area (Å²) in [6, 6.07) is 11.2. The van der Waals surface area contributed by atoms with Gasteiger partial charge in [0.1, 0.15) is 0 Å². The average Bonchev–Trinajstić information content (AvgIpc) is 3.13. The zero-order valence-corrected chi connectivity index (χ0v) is 14.8. The molecule has 134 valence electrons. The van der Waals surface area contributed by atoms with Gasteiger partial charge in [-0.15, -0.1) is 0 Å². The molecule has 4 aromatic rings. The summed E-state index contributed by atoms with van der Waals surface area (Å²) in [5.41, 5.74) is 4.47. The number of rotatable bonds is 4. The van der Waals surface area contributed by atoms with E-state index in [2.05, 4.69) is 25.7 Å².